The van der Waals surface area contributed by atoms with E-state index in [1.54, 1.807) is 19.3 Å². The van der Waals surface area contributed by atoms with Gasteiger partial charge < -0.3 is 14.9 Å². The van der Waals surface area contributed by atoms with E-state index in [0.29, 0.717) is 0 Å². The van der Waals surface area contributed by atoms with Crippen molar-refractivity contribution in [3.8, 4) is 5.75 Å². The minimum absolute atomic E-state index is 0.0208. The Morgan fingerprint density at radius 3 is 2.73 bits per heavy atom. The molecule has 0 fully saturated rings. The van der Waals surface area contributed by atoms with Crippen LogP contribution in [0.3, 0.4) is 0 Å². The number of rotatable bonds is 2. The van der Waals surface area contributed by atoms with E-state index in [1.165, 1.54) is 11.7 Å². The summed E-state index contributed by atoms with van der Waals surface area (Å²) in [4.78, 5) is 9.89. The standard InChI is InChI=1S/C6H8N2O3/c1-7-4-3-5(11-2)6(7)8(9)10/h3-4H,1-2H3. The number of hydrogen-bond acceptors (Lipinski definition) is 3. The lowest BCUT2D eigenvalue weighted by Crippen LogP contribution is -1.97. The normalized spacial score (nSPS) is 9.64. The summed E-state index contributed by atoms with van der Waals surface area (Å²) in [6.07, 6.45) is 1.58. The number of hydrogen-bond donors (Lipinski definition) is 0. The van der Waals surface area contributed by atoms with E-state index in [0.717, 1.165) is 0 Å². The van der Waals surface area contributed by atoms with Gasteiger partial charge in [0.25, 0.3) is 0 Å². The maximum Gasteiger partial charge on any atom is 0.365 e. The van der Waals surface area contributed by atoms with Gasteiger partial charge in [-0.1, -0.05) is 0 Å². The Morgan fingerprint density at radius 2 is 2.36 bits per heavy atom. The van der Waals surface area contributed by atoms with E-state index in [2.05, 4.69) is 0 Å². The molecule has 0 aliphatic carbocycles. The summed E-state index contributed by atoms with van der Waals surface area (Å²) in [5.41, 5.74) is 0. The van der Waals surface area contributed by atoms with Crippen LogP contribution in [0, 0.1) is 10.1 Å². The summed E-state index contributed by atoms with van der Waals surface area (Å²) < 4.78 is 6.17. The highest BCUT2D eigenvalue weighted by molar-refractivity contribution is 5.41. The maximum absolute atomic E-state index is 10.4. The van der Waals surface area contributed by atoms with Gasteiger partial charge in [0, 0.05) is 6.07 Å². The van der Waals surface area contributed by atoms with Crippen LogP contribution >= 0.6 is 0 Å². The first kappa shape index (κ1) is 7.59. The molecule has 0 amide bonds. The molecule has 0 N–H and O–H groups in total. The summed E-state index contributed by atoms with van der Waals surface area (Å²) in [6, 6.07) is 1.55. The molecule has 0 atom stereocenters. The summed E-state index contributed by atoms with van der Waals surface area (Å²) in [6.45, 7) is 0. The van der Waals surface area contributed by atoms with E-state index in [9.17, 15) is 10.1 Å². The Kier molecular flexibility index (Phi) is 1.80. The lowest BCUT2D eigenvalue weighted by atomic mass is 10.5. The molecule has 0 aliphatic rings. The van der Waals surface area contributed by atoms with Gasteiger partial charge in [0.1, 0.15) is 0 Å². The lowest BCUT2D eigenvalue weighted by molar-refractivity contribution is -0.392. The van der Waals surface area contributed by atoms with E-state index < -0.39 is 4.92 Å². The number of methoxy groups -OCH3 is 1. The first-order valence-corrected chi connectivity index (χ1v) is 3.00. The van der Waals surface area contributed by atoms with Gasteiger partial charge in [-0.05, 0) is 4.92 Å². The number of aryl methyl sites for hydroxylation is 1. The van der Waals surface area contributed by atoms with Gasteiger partial charge in [0.05, 0.1) is 20.4 Å². The highest BCUT2D eigenvalue weighted by Gasteiger charge is 2.16. The van der Waals surface area contributed by atoms with Crippen molar-refractivity contribution in [2.75, 3.05) is 7.11 Å². The molecule has 1 heterocycles. The summed E-state index contributed by atoms with van der Waals surface area (Å²) >= 11 is 0. The Bertz CT molecular complexity index is 279. The largest absolute Gasteiger partial charge is 0.489 e. The molecule has 0 unspecified atom stereocenters. The smallest absolute Gasteiger partial charge is 0.365 e. The predicted molar refractivity (Wildman–Crippen MR) is 38.6 cm³/mol. The van der Waals surface area contributed by atoms with Crippen molar-refractivity contribution >= 4 is 5.82 Å². The second-order valence-electron chi connectivity index (χ2n) is 2.08. The average molecular weight is 156 g/mol. The van der Waals surface area contributed by atoms with Crippen LogP contribution in [0.15, 0.2) is 12.3 Å². The van der Waals surface area contributed by atoms with Crippen LogP contribution in [0.4, 0.5) is 5.82 Å². The van der Waals surface area contributed by atoms with Crippen LogP contribution < -0.4 is 4.74 Å². The van der Waals surface area contributed by atoms with E-state index in [1.807, 2.05) is 0 Å². The minimum Gasteiger partial charge on any atom is -0.489 e. The zero-order valence-electron chi connectivity index (χ0n) is 6.27. The van der Waals surface area contributed by atoms with Crippen molar-refractivity contribution in [2.24, 2.45) is 7.05 Å². The molecule has 0 aromatic carbocycles. The maximum atomic E-state index is 10.4. The van der Waals surface area contributed by atoms with Crippen LogP contribution in [0.25, 0.3) is 0 Å². The van der Waals surface area contributed by atoms with Crippen molar-refractivity contribution in [3.63, 3.8) is 0 Å². The van der Waals surface area contributed by atoms with Crippen LogP contribution in [0.1, 0.15) is 0 Å². The van der Waals surface area contributed by atoms with Gasteiger partial charge in [0.15, 0.2) is 0 Å². The SMILES string of the molecule is COc1ccn(C)c1[N+](=O)[O-]. The first-order valence-electron chi connectivity index (χ1n) is 3.00. The van der Waals surface area contributed by atoms with Crippen molar-refractivity contribution in [1.29, 1.82) is 0 Å². The molecule has 5 heteroatoms. The van der Waals surface area contributed by atoms with E-state index in [-0.39, 0.29) is 11.6 Å². The molecule has 1 aromatic rings. The second-order valence-corrected chi connectivity index (χ2v) is 2.08. The third kappa shape index (κ3) is 1.17. The number of aromatic nitrogens is 1. The van der Waals surface area contributed by atoms with Crippen LogP contribution in [0.2, 0.25) is 0 Å². The second kappa shape index (κ2) is 2.61. The van der Waals surface area contributed by atoms with Gasteiger partial charge in [-0.25, -0.2) is 4.57 Å². The Hall–Kier alpha value is -1.52. The molecule has 1 rings (SSSR count). The monoisotopic (exact) mass is 156 g/mol. The van der Waals surface area contributed by atoms with Crippen LogP contribution in [-0.4, -0.2) is 16.6 Å². The predicted octanol–water partition coefficient (Wildman–Crippen LogP) is 0.942. The molecule has 0 spiro atoms. The van der Waals surface area contributed by atoms with E-state index in [4.69, 9.17) is 4.74 Å². The van der Waals surface area contributed by atoms with E-state index >= 15 is 0 Å². The molecule has 0 aliphatic heterocycles. The fraction of sp³-hybridized carbons (Fsp3) is 0.333. The lowest BCUT2D eigenvalue weighted by Gasteiger charge is -1.97. The third-order valence-electron chi connectivity index (χ3n) is 1.40. The first-order chi connectivity index (χ1) is 5.16. The summed E-state index contributed by atoms with van der Waals surface area (Å²) in [5.74, 6) is 0.269. The number of nitro groups is 1. The molecule has 0 saturated heterocycles. The quantitative estimate of drug-likeness (QED) is 0.473. The zero-order chi connectivity index (χ0) is 8.43. The van der Waals surface area contributed by atoms with Gasteiger partial charge in [-0.3, -0.25) is 0 Å². The number of ether oxygens (including phenoxy) is 1. The number of nitrogens with zero attached hydrogens (tertiary/aromatic N) is 2. The highest BCUT2D eigenvalue weighted by Crippen LogP contribution is 2.26. The van der Waals surface area contributed by atoms with Crippen molar-refractivity contribution < 1.29 is 9.66 Å². The van der Waals surface area contributed by atoms with Gasteiger partial charge in [-0.2, -0.15) is 0 Å². The van der Waals surface area contributed by atoms with Crippen molar-refractivity contribution in [1.82, 2.24) is 4.57 Å². The molecule has 0 saturated carbocycles. The van der Waals surface area contributed by atoms with Gasteiger partial charge >= 0.3 is 5.82 Å². The fourth-order valence-electron chi connectivity index (χ4n) is 0.877. The molecule has 5 nitrogen and oxygen atoms in total. The third-order valence-corrected chi connectivity index (χ3v) is 1.40. The Balaban J connectivity index is 3.17. The topological polar surface area (TPSA) is 57.3 Å². The van der Waals surface area contributed by atoms with Gasteiger partial charge in [0.2, 0.25) is 5.75 Å². The summed E-state index contributed by atoms with van der Waals surface area (Å²) in [7, 11) is 3.00. The fourth-order valence-corrected chi connectivity index (χ4v) is 0.877. The Morgan fingerprint density at radius 1 is 1.73 bits per heavy atom. The van der Waals surface area contributed by atoms with Crippen molar-refractivity contribution in [3.05, 3.63) is 22.4 Å². The molecule has 60 valence electrons. The molecule has 11 heavy (non-hydrogen) atoms. The molecule has 0 bridgehead atoms. The van der Waals surface area contributed by atoms with Crippen molar-refractivity contribution in [2.45, 2.75) is 0 Å². The highest BCUT2D eigenvalue weighted by atomic mass is 16.6. The molecule has 0 radical (unpaired) electrons. The Labute approximate surface area is 63.3 Å². The van der Waals surface area contributed by atoms with Crippen LogP contribution in [0.5, 0.6) is 5.75 Å². The minimum atomic E-state index is -0.473. The molecular weight excluding hydrogens is 148 g/mol. The van der Waals surface area contributed by atoms with Crippen LogP contribution in [-0.2, 0) is 7.05 Å². The summed E-state index contributed by atoms with van der Waals surface area (Å²) in [5, 5.41) is 10.4. The van der Waals surface area contributed by atoms with Gasteiger partial charge in [-0.15, -0.1) is 0 Å². The molecular formula is C6H8N2O3. The molecule has 1 aromatic heterocycles. The zero-order valence-corrected chi connectivity index (χ0v) is 6.27. The average Bonchev–Trinajstić information content (AvgIpc) is 2.30.